The third-order valence-corrected chi connectivity index (χ3v) is 10.1. The molecule has 2 aromatic carbocycles. The zero-order valence-electron chi connectivity index (χ0n) is 30.4. The van der Waals surface area contributed by atoms with Gasteiger partial charge in [-0.05, 0) is 47.9 Å². The molecule has 0 aliphatic carbocycles. The molecule has 0 atom stereocenters. The lowest BCUT2D eigenvalue weighted by Crippen LogP contribution is -2.38. The predicted octanol–water partition coefficient (Wildman–Crippen LogP) is 7.36. The minimum atomic E-state index is 0.431. The number of hydrogen-bond acceptors (Lipinski definition) is 12. The van der Waals surface area contributed by atoms with E-state index in [0.717, 1.165) is 94.2 Å². The second-order valence-electron chi connectivity index (χ2n) is 11.6. The number of alkyl halides is 1. The number of thioether (sulfide) groups is 2. The van der Waals surface area contributed by atoms with E-state index in [1.54, 1.807) is 50.1 Å². The number of aromatic nitrogens is 6. The highest BCUT2D eigenvalue weighted by atomic mass is 35.5. The first kappa shape index (κ1) is 38.5. The molecule has 1 fully saturated rings. The highest BCUT2D eigenvalue weighted by Crippen LogP contribution is 2.35. The maximum absolute atomic E-state index is 5.99. The molecule has 0 unspecified atom stereocenters. The van der Waals surface area contributed by atoms with Gasteiger partial charge in [0.25, 0.3) is 0 Å². The molecule has 0 saturated carbocycles. The fourth-order valence-corrected chi connectivity index (χ4v) is 7.20. The van der Waals surface area contributed by atoms with Crippen LogP contribution in [0.1, 0.15) is 13.8 Å². The molecule has 7 rings (SSSR count). The summed E-state index contributed by atoms with van der Waals surface area (Å²) in [5.74, 6) is 5.11. The van der Waals surface area contributed by atoms with Crippen LogP contribution in [0.2, 0.25) is 0 Å². The molecule has 5 heterocycles. The van der Waals surface area contributed by atoms with E-state index in [-0.39, 0.29) is 0 Å². The van der Waals surface area contributed by atoms with E-state index in [1.165, 1.54) is 0 Å². The van der Waals surface area contributed by atoms with Crippen molar-refractivity contribution in [2.24, 2.45) is 0 Å². The number of ether oxygens (including phenoxy) is 5. The van der Waals surface area contributed by atoms with E-state index in [0.29, 0.717) is 36.3 Å². The van der Waals surface area contributed by atoms with Crippen LogP contribution in [-0.2, 0) is 4.74 Å². The molecule has 1 saturated heterocycles. The van der Waals surface area contributed by atoms with Crippen molar-refractivity contribution in [3.05, 3.63) is 73.3 Å². The first-order valence-electron chi connectivity index (χ1n) is 17.5. The summed E-state index contributed by atoms with van der Waals surface area (Å²) in [7, 11) is 3.29. The Morgan fingerprint density at radius 2 is 1.21 bits per heavy atom. The standard InChI is InChI=1S/C21H26N4O3S.C17H18ClN3O2S/c1-3-29-21-23-17(15-20-22-6-7-25(20)21)16-4-5-18(19(14-16)26-2)28-13-10-24-8-11-27-12-9-24;1-3-24-17-20-13(11-16-19-7-8-21(16)17)12-4-5-14(23-9-6-18)15(10-12)22-2/h4-7,14-15H,3,8-13H2,1-2H3;4-5,7-8,10-11H,3,6,9H2,1-2H3. The second kappa shape index (κ2) is 19.2. The highest BCUT2D eigenvalue weighted by Gasteiger charge is 2.15. The van der Waals surface area contributed by atoms with Crippen LogP contribution in [0.25, 0.3) is 33.8 Å². The summed E-state index contributed by atoms with van der Waals surface area (Å²) in [6.45, 7) is 9.66. The predicted molar refractivity (Wildman–Crippen MR) is 212 cm³/mol. The minimum absolute atomic E-state index is 0.431. The van der Waals surface area contributed by atoms with E-state index in [2.05, 4.69) is 28.7 Å². The summed E-state index contributed by atoms with van der Waals surface area (Å²) in [5.41, 5.74) is 5.41. The van der Waals surface area contributed by atoms with Crippen LogP contribution >= 0.6 is 35.1 Å². The zero-order chi connectivity index (χ0) is 37.0. The molecule has 0 N–H and O–H groups in total. The van der Waals surface area contributed by atoms with Crippen LogP contribution in [0.3, 0.4) is 0 Å². The van der Waals surface area contributed by atoms with Gasteiger partial charge in [-0.3, -0.25) is 13.7 Å². The molecule has 15 heteroatoms. The summed E-state index contributed by atoms with van der Waals surface area (Å²) in [5, 5.41) is 1.85. The molecule has 0 spiro atoms. The van der Waals surface area contributed by atoms with Gasteiger partial charge in [-0.1, -0.05) is 37.4 Å². The third kappa shape index (κ3) is 9.67. The molecular formula is C38H44ClN7O5S2. The first-order chi connectivity index (χ1) is 26.0. The molecule has 1 aliphatic rings. The molecule has 53 heavy (non-hydrogen) atoms. The van der Waals surface area contributed by atoms with Gasteiger partial charge in [-0.15, -0.1) is 11.6 Å². The van der Waals surface area contributed by atoms with E-state index in [9.17, 15) is 0 Å². The Balaban J connectivity index is 0.000000185. The first-order valence-corrected chi connectivity index (χ1v) is 20.0. The van der Waals surface area contributed by atoms with Gasteiger partial charge in [0.15, 0.2) is 33.3 Å². The molecule has 1 aliphatic heterocycles. The Morgan fingerprint density at radius 1 is 0.698 bits per heavy atom. The van der Waals surface area contributed by atoms with Crippen molar-refractivity contribution in [1.82, 2.24) is 33.6 Å². The lowest BCUT2D eigenvalue weighted by molar-refractivity contribution is 0.0321. The number of imidazole rings is 2. The van der Waals surface area contributed by atoms with Crippen molar-refractivity contribution >= 4 is 46.4 Å². The Kier molecular flexibility index (Phi) is 14.0. The van der Waals surface area contributed by atoms with Crippen molar-refractivity contribution in [2.75, 3.05) is 77.7 Å². The summed E-state index contributed by atoms with van der Waals surface area (Å²) in [6.07, 6.45) is 7.45. The fraction of sp³-hybridized carbons (Fsp3) is 0.368. The highest BCUT2D eigenvalue weighted by molar-refractivity contribution is 7.99. The molecule has 6 aromatic rings. The maximum atomic E-state index is 5.99. The molecule has 0 bridgehead atoms. The smallest absolute Gasteiger partial charge is 0.174 e. The quantitative estimate of drug-likeness (QED) is 0.0591. The summed E-state index contributed by atoms with van der Waals surface area (Å²) < 4.78 is 32.0. The number of morpholine rings is 1. The number of rotatable bonds is 15. The van der Waals surface area contributed by atoms with Gasteiger partial charge in [0.05, 0.1) is 44.7 Å². The maximum Gasteiger partial charge on any atom is 0.174 e. The van der Waals surface area contributed by atoms with Gasteiger partial charge in [-0.25, -0.2) is 19.9 Å². The number of hydrogen-bond donors (Lipinski definition) is 0. The topological polar surface area (TPSA) is 110 Å². The monoisotopic (exact) mass is 777 g/mol. The number of fused-ring (bicyclic) bond motifs is 2. The molecular weight excluding hydrogens is 734 g/mol. The van der Waals surface area contributed by atoms with E-state index in [1.807, 2.05) is 69.7 Å². The van der Waals surface area contributed by atoms with Gasteiger partial charge >= 0.3 is 0 Å². The molecule has 280 valence electrons. The summed E-state index contributed by atoms with van der Waals surface area (Å²) in [6, 6.07) is 15.7. The number of benzene rings is 2. The van der Waals surface area contributed by atoms with Gasteiger partial charge in [0.2, 0.25) is 0 Å². The Bertz CT molecular complexity index is 2090. The van der Waals surface area contributed by atoms with Crippen molar-refractivity contribution in [3.63, 3.8) is 0 Å². The second-order valence-corrected chi connectivity index (χ2v) is 14.4. The van der Waals surface area contributed by atoms with E-state index < -0.39 is 0 Å². The summed E-state index contributed by atoms with van der Waals surface area (Å²) >= 11 is 9.06. The van der Waals surface area contributed by atoms with Crippen molar-refractivity contribution in [3.8, 4) is 45.5 Å². The van der Waals surface area contributed by atoms with Gasteiger partial charge in [-0.2, -0.15) is 0 Å². The van der Waals surface area contributed by atoms with Gasteiger partial charge < -0.3 is 23.7 Å². The fourth-order valence-electron chi connectivity index (χ4n) is 5.70. The number of methoxy groups -OCH3 is 2. The lowest BCUT2D eigenvalue weighted by atomic mass is 10.1. The van der Waals surface area contributed by atoms with Crippen molar-refractivity contribution in [2.45, 2.75) is 24.2 Å². The van der Waals surface area contributed by atoms with Crippen LogP contribution < -0.4 is 18.9 Å². The van der Waals surface area contributed by atoms with Gasteiger partial charge in [0, 0.05) is 67.7 Å². The molecule has 12 nitrogen and oxygen atoms in total. The Labute approximate surface area is 323 Å². The van der Waals surface area contributed by atoms with Crippen molar-refractivity contribution < 1.29 is 23.7 Å². The molecule has 4 aromatic heterocycles. The third-order valence-electron chi connectivity index (χ3n) is 8.28. The largest absolute Gasteiger partial charge is 0.493 e. The van der Waals surface area contributed by atoms with Gasteiger partial charge in [0.1, 0.15) is 24.5 Å². The minimum Gasteiger partial charge on any atom is -0.493 e. The number of nitrogens with zero attached hydrogens (tertiary/aromatic N) is 7. The van der Waals surface area contributed by atoms with Crippen LogP contribution in [-0.4, -0.2) is 111 Å². The lowest BCUT2D eigenvalue weighted by Gasteiger charge is -2.26. The Hall–Kier alpha value is -4.21. The zero-order valence-corrected chi connectivity index (χ0v) is 32.8. The van der Waals surface area contributed by atoms with E-state index in [4.69, 9.17) is 45.3 Å². The Morgan fingerprint density at radius 3 is 1.68 bits per heavy atom. The molecule has 0 radical (unpaired) electrons. The average Bonchev–Trinajstić information content (AvgIpc) is 3.88. The van der Waals surface area contributed by atoms with Crippen molar-refractivity contribution in [1.29, 1.82) is 0 Å². The van der Waals surface area contributed by atoms with Crippen LogP contribution in [0.5, 0.6) is 23.0 Å². The average molecular weight is 778 g/mol. The molecule has 0 amide bonds. The number of halogens is 1. The van der Waals surface area contributed by atoms with E-state index >= 15 is 0 Å². The summed E-state index contributed by atoms with van der Waals surface area (Å²) in [4.78, 5) is 20.8. The van der Waals surface area contributed by atoms with Crippen LogP contribution in [0.4, 0.5) is 0 Å². The SMILES string of the molecule is CCSc1nc(-c2ccc(OCCCl)c(OC)c2)cc2nccn12.CCSc1nc(-c2ccc(OCCN3CCOCC3)c(OC)c2)cc2nccn12. The normalized spacial score (nSPS) is 13.2. The van der Waals surface area contributed by atoms with Crippen LogP contribution in [0, 0.1) is 0 Å². The van der Waals surface area contributed by atoms with Crippen LogP contribution in [0.15, 0.2) is 83.6 Å².